The van der Waals surface area contributed by atoms with Crippen molar-refractivity contribution in [1.82, 2.24) is 0 Å². The average Bonchev–Trinajstić information content (AvgIpc) is 2.49. The summed E-state index contributed by atoms with van der Waals surface area (Å²) in [5, 5.41) is 21.7. The van der Waals surface area contributed by atoms with Gasteiger partial charge in [0.25, 0.3) is 0 Å². The molecule has 5 nitrogen and oxygen atoms in total. The summed E-state index contributed by atoms with van der Waals surface area (Å²) >= 11 is 0. The monoisotopic (exact) mass is 285 g/mol. The first-order valence-corrected chi connectivity index (χ1v) is 6.43. The van der Waals surface area contributed by atoms with Crippen LogP contribution in [0.2, 0.25) is 0 Å². The Morgan fingerprint density at radius 1 is 1.14 bits per heavy atom. The number of hydrogen-bond acceptors (Lipinski definition) is 4. The number of nitrogens with one attached hydrogen (secondary N) is 1. The molecule has 1 unspecified atom stereocenters. The number of rotatable bonds is 6. The van der Waals surface area contributed by atoms with E-state index < -0.39 is 12.0 Å². The lowest BCUT2D eigenvalue weighted by Crippen LogP contribution is -2.25. The molecule has 2 rings (SSSR count). The van der Waals surface area contributed by atoms with Crippen LogP contribution in [0.15, 0.2) is 48.5 Å². The molecule has 0 saturated heterocycles. The maximum absolute atomic E-state index is 11.2. The van der Waals surface area contributed by atoms with E-state index in [1.165, 1.54) is 6.07 Å². The Morgan fingerprint density at radius 3 is 2.48 bits per heavy atom. The molecule has 1 atom stereocenters. The largest absolute Gasteiger partial charge is 0.508 e. The van der Waals surface area contributed by atoms with E-state index in [1.807, 2.05) is 0 Å². The molecule has 5 heteroatoms. The summed E-state index contributed by atoms with van der Waals surface area (Å²) in [5.74, 6) is -0.956. The molecule has 0 aromatic heterocycles. The lowest BCUT2D eigenvalue weighted by molar-refractivity contribution is -0.108. The first-order chi connectivity index (χ1) is 10.1. The standard InChI is InChI=1S/C16H15NO4/c18-10-12(9-11-5-1-4-8-15(11)19)17-14-7-3-2-6-13(14)16(20)21/h1-8,10,12,17,19H,9H2,(H,20,21). The second-order valence-corrected chi connectivity index (χ2v) is 4.57. The van der Waals surface area contributed by atoms with E-state index in [9.17, 15) is 14.7 Å². The molecule has 0 spiro atoms. The van der Waals surface area contributed by atoms with Gasteiger partial charge >= 0.3 is 5.97 Å². The van der Waals surface area contributed by atoms with Crippen molar-refractivity contribution in [2.24, 2.45) is 0 Å². The van der Waals surface area contributed by atoms with Gasteiger partial charge in [0.2, 0.25) is 0 Å². The Bertz CT molecular complexity index is 654. The van der Waals surface area contributed by atoms with E-state index in [-0.39, 0.29) is 17.7 Å². The zero-order valence-corrected chi connectivity index (χ0v) is 11.2. The molecule has 0 saturated carbocycles. The number of aldehydes is 1. The minimum absolute atomic E-state index is 0.0987. The number of benzene rings is 2. The molecule has 2 aromatic rings. The second-order valence-electron chi connectivity index (χ2n) is 4.57. The SMILES string of the molecule is O=CC(Cc1ccccc1O)Nc1ccccc1C(=O)O. The molecule has 0 aliphatic carbocycles. The predicted molar refractivity (Wildman–Crippen MR) is 78.7 cm³/mol. The molecule has 0 amide bonds. The summed E-state index contributed by atoms with van der Waals surface area (Å²) in [7, 11) is 0. The Morgan fingerprint density at radius 2 is 1.81 bits per heavy atom. The van der Waals surface area contributed by atoms with Crippen molar-refractivity contribution >= 4 is 17.9 Å². The first-order valence-electron chi connectivity index (χ1n) is 6.43. The third-order valence-corrected chi connectivity index (χ3v) is 3.09. The fourth-order valence-electron chi connectivity index (χ4n) is 2.05. The van der Waals surface area contributed by atoms with Crippen molar-refractivity contribution < 1.29 is 19.8 Å². The van der Waals surface area contributed by atoms with Gasteiger partial charge in [0.05, 0.1) is 11.6 Å². The van der Waals surface area contributed by atoms with Crippen molar-refractivity contribution in [2.75, 3.05) is 5.32 Å². The van der Waals surface area contributed by atoms with Crippen molar-refractivity contribution in [2.45, 2.75) is 12.5 Å². The maximum Gasteiger partial charge on any atom is 0.337 e. The highest BCUT2D eigenvalue weighted by atomic mass is 16.4. The lowest BCUT2D eigenvalue weighted by atomic mass is 10.0. The minimum atomic E-state index is -1.06. The molecular weight excluding hydrogens is 270 g/mol. The number of carboxylic acid groups (broad SMARTS) is 1. The number of carbonyl (C=O) groups excluding carboxylic acids is 1. The van der Waals surface area contributed by atoms with Gasteiger partial charge in [-0.2, -0.15) is 0 Å². The number of anilines is 1. The van der Waals surface area contributed by atoms with Crippen LogP contribution in [-0.4, -0.2) is 28.5 Å². The van der Waals surface area contributed by atoms with E-state index in [0.29, 0.717) is 17.5 Å². The smallest absolute Gasteiger partial charge is 0.337 e. The number of carbonyl (C=O) groups is 2. The Hall–Kier alpha value is -2.82. The summed E-state index contributed by atoms with van der Waals surface area (Å²) in [4.78, 5) is 22.4. The van der Waals surface area contributed by atoms with Gasteiger partial charge in [0, 0.05) is 12.1 Å². The topological polar surface area (TPSA) is 86.6 Å². The molecule has 3 N–H and O–H groups in total. The Labute approximate surface area is 121 Å². The van der Waals surface area contributed by atoms with Gasteiger partial charge < -0.3 is 20.3 Å². The van der Waals surface area contributed by atoms with Gasteiger partial charge in [-0.1, -0.05) is 30.3 Å². The predicted octanol–water partition coefficient (Wildman–Crippen LogP) is 2.31. The number of carboxylic acids is 1. The zero-order valence-electron chi connectivity index (χ0n) is 11.2. The second kappa shape index (κ2) is 6.56. The molecule has 0 bridgehead atoms. The minimum Gasteiger partial charge on any atom is -0.508 e. The van der Waals surface area contributed by atoms with Crippen molar-refractivity contribution in [1.29, 1.82) is 0 Å². The molecule has 0 fully saturated rings. The quantitative estimate of drug-likeness (QED) is 0.709. The fourth-order valence-corrected chi connectivity index (χ4v) is 2.05. The number of phenols is 1. The average molecular weight is 285 g/mol. The van der Waals surface area contributed by atoms with E-state index in [4.69, 9.17) is 5.11 Å². The molecule has 0 radical (unpaired) electrons. The summed E-state index contributed by atoms with van der Waals surface area (Å²) in [6.07, 6.45) is 0.967. The van der Waals surface area contributed by atoms with E-state index in [0.717, 1.165) is 0 Å². The number of para-hydroxylation sites is 2. The van der Waals surface area contributed by atoms with Crippen molar-refractivity contribution in [3.63, 3.8) is 0 Å². The van der Waals surface area contributed by atoms with Crippen LogP contribution in [0.3, 0.4) is 0 Å². The molecule has 0 aliphatic heterocycles. The maximum atomic E-state index is 11.2. The molecule has 0 heterocycles. The molecular formula is C16H15NO4. The molecule has 2 aromatic carbocycles. The van der Waals surface area contributed by atoms with Gasteiger partial charge in [-0.3, -0.25) is 0 Å². The highest BCUT2D eigenvalue weighted by molar-refractivity contribution is 5.94. The van der Waals surface area contributed by atoms with Crippen LogP contribution >= 0.6 is 0 Å². The van der Waals surface area contributed by atoms with Crippen LogP contribution in [-0.2, 0) is 11.2 Å². The first kappa shape index (κ1) is 14.6. The van der Waals surface area contributed by atoms with Gasteiger partial charge in [-0.25, -0.2) is 4.79 Å². The van der Waals surface area contributed by atoms with Gasteiger partial charge in [0.15, 0.2) is 0 Å². The van der Waals surface area contributed by atoms with Gasteiger partial charge in [0.1, 0.15) is 12.0 Å². The van der Waals surface area contributed by atoms with E-state index >= 15 is 0 Å². The van der Waals surface area contributed by atoms with Crippen LogP contribution in [0, 0.1) is 0 Å². The van der Waals surface area contributed by atoms with Gasteiger partial charge in [-0.05, 0) is 23.8 Å². The van der Waals surface area contributed by atoms with Crippen LogP contribution < -0.4 is 5.32 Å². The molecule has 21 heavy (non-hydrogen) atoms. The van der Waals surface area contributed by atoms with Crippen molar-refractivity contribution in [3.05, 3.63) is 59.7 Å². The van der Waals surface area contributed by atoms with Crippen LogP contribution in [0.5, 0.6) is 5.75 Å². The van der Waals surface area contributed by atoms with Gasteiger partial charge in [-0.15, -0.1) is 0 Å². The normalized spacial score (nSPS) is 11.6. The highest BCUT2D eigenvalue weighted by Gasteiger charge is 2.15. The summed E-state index contributed by atoms with van der Waals surface area (Å²) in [6.45, 7) is 0. The number of phenolic OH excluding ortho intramolecular Hbond substituents is 1. The number of aromatic hydroxyl groups is 1. The highest BCUT2D eigenvalue weighted by Crippen LogP contribution is 2.20. The summed E-state index contributed by atoms with van der Waals surface area (Å²) < 4.78 is 0. The van der Waals surface area contributed by atoms with Crippen LogP contribution in [0.4, 0.5) is 5.69 Å². The summed E-state index contributed by atoms with van der Waals surface area (Å²) in [5.41, 5.74) is 1.09. The zero-order chi connectivity index (χ0) is 15.2. The third kappa shape index (κ3) is 3.60. The van der Waals surface area contributed by atoms with Crippen molar-refractivity contribution in [3.8, 4) is 5.75 Å². The number of aromatic carboxylic acids is 1. The Balaban J connectivity index is 2.19. The van der Waals surface area contributed by atoms with E-state index in [2.05, 4.69) is 5.32 Å². The summed E-state index contributed by atoms with van der Waals surface area (Å²) in [6, 6.07) is 12.5. The molecule has 108 valence electrons. The van der Waals surface area contributed by atoms with E-state index in [1.54, 1.807) is 42.5 Å². The lowest BCUT2D eigenvalue weighted by Gasteiger charge is -2.16. The number of hydrogen-bond donors (Lipinski definition) is 3. The molecule has 0 aliphatic rings. The van der Waals surface area contributed by atoms with Crippen LogP contribution in [0.1, 0.15) is 15.9 Å². The Kier molecular flexibility index (Phi) is 4.56. The fraction of sp³-hybridized carbons (Fsp3) is 0.125. The van der Waals surface area contributed by atoms with Crippen LogP contribution in [0.25, 0.3) is 0 Å². The third-order valence-electron chi connectivity index (χ3n) is 3.09.